The average molecular weight is 194 g/mol. The third-order valence-electron chi connectivity index (χ3n) is 2.13. The molecule has 0 aromatic heterocycles. The highest BCUT2D eigenvalue weighted by Crippen LogP contribution is 2.17. The molecule has 0 unspecified atom stereocenters. The molecule has 0 fully saturated rings. The van der Waals surface area contributed by atoms with Gasteiger partial charge in [0.2, 0.25) is 0 Å². The monoisotopic (exact) mass is 194 g/mol. The van der Waals surface area contributed by atoms with E-state index in [4.69, 9.17) is 0 Å². The van der Waals surface area contributed by atoms with E-state index in [1.54, 1.807) is 12.1 Å². The minimum Gasteiger partial charge on any atom is -0.508 e. The van der Waals surface area contributed by atoms with Crippen LogP contribution in [0.3, 0.4) is 0 Å². The fourth-order valence-corrected chi connectivity index (χ4v) is 1.35. The van der Waals surface area contributed by atoms with Crippen LogP contribution in [-0.4, -0.2) is 18.2 Å². The normalized spacial score (nSPS) is 9.86. The van der Waals surface area contributed by atoms with E-state index in [9.17, 15) is 9.90 Å². The molecule has 0 saturated heterocycles. The number of benzene rings is 1. The van der Waals surface area contributed by atoms with Crippen LogP contribution >= 0.6 is 0 Å². The van der Waals surface area contributed by atoms with Crippen LogP contribution in [0.2, 0.25) is 0 Å². The second kappa shape index (κ2) is 4.65. The number of aromatic hydroxyl groups is 1. The van der Waals surface area contributed by atoms with Crippen molar-refractivity contribution in [1.29, 1.82) is 0 Å². The number of aryl methyl sites for hydroxylation is 1. The van der Waals surface area contributed by atoms with Crippen molar-refractivity contribution in [1.82, 2.24) is 0 Å². The van der Waals surface area contributed by atoms with Crippen molar-refractivity contribution in [3.63, 3.8) is 0 Å². The second-order valence-corrected chi connectivity index (χ2v) is 3.06. The molecule has 14 heavy (non-hydrogen) atoms. The van der Waals surface area contributed by atoms with Gasteiger partial charge in [0.05, 0.1) is 13.5 Å². The van der Waals surface area contributed by atoms with Crippen LogP contribution in [0.15, 0.2) is 18.2 Å². The maximum absolute atomic E-state index is 11.1. The Morgan fingerprint density at radius 3 is 2.71 bits per heavy atom. The molecule has 1 aromatic rings. The van der Waals surface area contributed by atoms with Crippen molar-refractivity contribution in [3.8, 4) is 5.75 Å². The van der Waals surface area contributed by atoms with Gasteiger partial charge in [0.15, 0.2) is 0 Å². The topological polar surface area (TPSA) is 46.5 Å². The summed E-state index contributed by atoms with van der Waals surface area (Å²) in [6.45, 7) is 2.01. The van der Waals surface area contributed by atoms with E-state index in [-0.39, 0.29) is 18.1 Å². The SMILES string of the molecule is CCc1ccc(O)cc1CC(=O)OC. The molecule has 0 aliphatic heterocycles. The number of ether oxygens (including phenoxy) is 1. The lowest BCUT2D eigenvalue weighted by Crippen LogP contribution is -2.06. The number of carbonyl (C=O) groups excluding carboxylic acids is 1. The molecule has 1 rings (SSSR count). The Hall–Kier alpha value is -1.51. The van der Waals surface area contributed by atoms with Gasteiger partial charge in [-0.05, 0) is 29.7 Å². The first kappa shape index (κ1) is 10.6. The van der Waals surface area contributed by atoms with Gasteiger partial charge in [-0.2, -0.15) is 0 Å². The van der Waals surface area contributed by atoms with E-state index < -0.39 is 0 Å². The first-order valence-corrected chi connectivity index (χ1v) is 4.55. The minimum absolute atomic E-state index is 0.182. The van der Waals surface area contributed by atoms with Crippen molar-refractivity contribution in [2.45, 2.75) is 19.8 Å². The van der Waals surface area contributed by atoms with Gasteiger partial charge < -0.3 is 9.84 Å². The van der Waals surface area contributed by atoms with Crippen molar-refractivity contribution in [3.05, 3.63) is 29.3 Å². The molecule has 1 N–H and O–H groups in total. The van der Waals surface area contributed by atoms with Gasteiger partial charge in [0, 0.05) is 0 Å². The number of esters is 1. The summed E-state index contributed by atoms with van der Waals surface area (Å²) in [5.41, 5.74) is 1.90. The van der Waals surface area contributed by atoms with Crippen LogP contribution in [0.25, 0.3) is 0 Å². The predicted molar refractivity (Wildman–Crippen MR) is 53.2 cm³/mol. The molecule has 3 nitrogen and oxygen atoms in total. The standard InChI is InChI=1S/C11H14O3/c1-3-8-4-5-10(12)6-9(8)7-11(13)14-2/h4-6,12H,3,7H2,1-2H3. The van der Waals surface area contributed by atoms with Gasteiger partial charge >= 0.3 is 5.97 Å². The fraction of sp³-hybridized carbons (Fsp3) is 0.364. The number of phenols is 1. The van der Waals surface area contributed by atoms with Gasteiger partial charge in [-0.15, -0.1) is 0 Å². The molecule has 0 amide bonds. The van der Waals surface area contributed by atoms with Crippen LogP contribution in [0.1, 0.15) is 18.1 Å². The smallest absolute Gasteiger partial charge is 0.309 e. The Morgan fingerprint density at radius 2 is 2.14 bits per heavy atom. The van der Waals surface area contributed by atoms with Crippen molar-refractivity contribution in [2.75, 3.05) is 7.11 Å². The number of hydrogen-bond acceptors (Lipinski definition) is 3. The maximum atomic E-state index is 11.1. The zero-order valence-corrected chi connectivity index (χ0v) is 8.41. The van der Waals surface area contributed by atoms with Gasteiger partial charge in [0.1, 0.15) is 5.75 Å². The molecular weight excluding hydrogens is 180 g/mol. The molecule has 0 radical (unpaired) electrons. The first-order valence-electron chi connectivity index (χ1n) is 4.55. The fourth-order valence-electron chi connectivity index (χ4n) is 1.35. The van der Waals surface area contributed by atoms with Crippen molar-refractivity contribution in [2.24, 2.45) is 0 Å². The summed E-state index contributed by atoms with van der Waals surface area (Å²) in [6.07, 6.45) is 1.06. The Labute approximate surface area is 83.3 Å². The maximum Gasteiger partial charge on any atom is 0.309 e. The predicted octanol–water partition coefficient (Wildman–Crippen LogP) is 1.67. The summed E-state index contributed by atoms with van der Waals surface area (Å²) in [5, 5.41) is 9.27. The summed E-state index contributed by atoms with van der Waals surface area (Å²) in [6, 6.07) is 5.06. The van der Waals surface area contributed by atoms with Gasteiger partial charge in [-0.1, -0.05) is 13.0 Å². The highest BCUT2D eigenvalue weighted by Gasteiger charge is 2.07. The zero-order valence-electron chi connectivity index (χ0n) is 8.41. The molecule has 0 heterocycles. The first-order chi connectivity index (χ1) is 6.67. The van der Waals surface area contributed by atoms with Gasteiger partial charge in [-0.3, -0.25) is 4.79 Å². The number of methoxy groups -OCH3 is 1. The molecular formula is C11H14O3. The summed E-state index contributed by atoms with van der Waals surface area (Å²) in [5.74, 6) is -0.105. The lowest BCUT2D eigenvalue weighted by atomic mass is 10.0. The molecule has 3 heteroatoms. The Kier molecular flexibility index (Phi) is 3.51. The highest BCUT2D eigenvalue weighted by molar-refractivity contribution is 5.73. The molecule has 0 aliphatic carbocycles. The third kappa shape index (κ3) is 2.49. The summed E-state index contributed by atoms with van der Waals surface area (Å²) in [7, 11) is 1.36. The van der Waals surface area contributed by atoms with Crippen LogP contribution in [-0.2, 0) is 22.4 Å². The number of carbonyl (C=O) groups is 1. The molecule has 0 saturated carbocycles. The van der Waals surface area contributed by atoms with E-state index in [0.717, 1.165) is 17.5 Å². The van der Waals surface area contributed by atoms with E-state index >= 15 is 0 Å². The van der Waals surface area contributed by atoms with Gasteiger partial charge in [0.25, 0.3) is 0 Å². The van der Waals surface area contributed by atoms with E-state index in [2.05, 4.69) is 4.74 Å². The summed E-state index contributed by atoms with van der Waals surface area (Å²) < 4.78 is 4.57. The number of phenolic OH excluding ortho intramolecular Hbond substituents is 1. The Bertz CT molecular complexity index is 331. The van der Waals surface area contributed by atoms with E-state index in [1.807, 2.05) is 13.0 Å². The third-order valence-corrected chi connectivity index (χ3v) is 2.13. The molecule has 0 spiro atoms. The molecule has 0 aliphatic rings. The average Bonchev–Trinajstić information content (AvgIpc) is 2.18. The molecule has 0 bridgehead atoms. The lowest BCUT2D eigenvalue weighted by Gasteiger charge is -2.06. The Morgan fingerprint density at radius 1 is 1.43 bits per heavy atom. The lowest BCUT2D eigenvalue weighted by molar-refractivity contribution is -0.139. The summed E-state index contributed by atoms with van der Waals surface area (Å²) >= 11 is 0. The summed E-state index contributed by atoms with van der Waals surface area (Å²) in [4.78, 5) is 11.1. The Balaban J connectivity index is 2.93. The van der Waals surface area contributed by atoms with E-state index in [0.29, 0.717) is 0 Å². The van der Waals surface area contributed by atoms with Crippen LogP contribution in [0, 0.1) is 0 Å². The molecule has 0 atom stereocenters. The van der Waals surface area contributed by atoms with Crippen LogP contribution in [0.5, 0.6) is 5.75 Å². The molecule has 1 aromatic carbocycles. The molecule has 76 valence electrons. The highest BCUT2D eigenvalue weighted by atomic mass is 16.5. The minimum atomic E-state index is -0.287. The van der Waals surface area contributed by atoms with Crippen LogP contribution < -0.4 is 0 Å². The van der Waals surface area contributed by atoms with Crippen molar-refractivity contribution < 1.29 is 14.6 Å². The van der Waals surface area contributed by atoms with Crippen LogP contribution in [0.4, 0.5) is 0 Å². The van der Waals surface area contributed by atoms with Gasteiger partial charge in [-0.25, -0.2) is 0 Å². The van der Waals surface area contributed by atoms with E-state index in [1.165, 1.54) is 7.11 Å². The number of rotatable bonds is 3. The second-order valence-electron chi connectivity index (χ2n) is 3.06. The largest absolute Gasteiger partial charge is 0.508 e. The van der Waals surface area contributed by atoms with Crippen molar-refractivity contribution >= 4 is 5.97 Å². The zero-order chi connectivity index (χ0) is 10.6. The number of hydrogen-bond donors (Lipinski definition) is 1. The quantitative estimate of drug-likeness (QED) is 0.744.